The number of aromatic nitrogens is 2. The van der Waals surface area contributed by atoms with Gasteiger partial charge in [-0.15, -0.1) is 0 Å². The first kappa shape index (κ1) is 17.2. The van der Waals surface area contributed by atoms with Crippen molar-refractivity contribution in [2.45, 2.75) is 0 Å². The van der Waals surface area contributed by atoms with Crippen molar-refractivity contribution in [2.75, 3.05) is 0 Å². The maximum atomic E-state index is 5.05. The first-order chi connectivity index (χ1) is 13.8. The second-order valence-electron chi connectivity index (χ2n) is 6.68. The predicted molar refractivity (Wildman–Crippen MR) is 125 cm³/mol. The van der Waals surface area contributed by atoms with Crippen LogP contribution in [0.3, 0.4) is 0 Å². The molecule has 0 unspecified atom stereocenters. The van der Waals surface area contributed by atoms with Gasteiger partial charge in [-0.25, -0.2) is 4.68 Å². The molecule has 0 radical (unpaired) electrons. The zero-order chi connectivity index (χ0) is 18.9. The van der Waals surface area contributed by atoms with Crippen LogP contribution in [-0.4, -0.2) is 9.78 Å². The largest absolute Gasteiger partial charge is 0.231 e. The Kier molecular flexibility index (Phi) is 4.45. The molecule has 4 aromatic carbocycles. The van der Waals surface area contributed by atoms with E-state index >= 15 is 0 Å². The number of rotatable bonds is 3. The Morgan fingerprint density at radius 3 is 2.04 bits per heavy atom. The summed E-state index contributed by atoms with van der Waals surface area (Å²) in [6.07, 6.45) is 0. The monoisotopic (exact) mass is 472 g/mol. The molecule has 0 amide bonds. The topological polar surface area (TPSA) is 17.8 Å². The van der Waals surface area contributed by atoms with Gasteiger partial charge in [0.15, 0.2) is 0 Å². The molecule has 0 fully saturated rings. The summed E-state index contributed by atoms with van der Waals surface area (Å²) in [5.41, 5.74) is 5.46. The molecule has 5 rings (SSSR count). The molecule has 1 aromatic heterocycles. The van der Waals surface area contributed by atoms with E-state index in [1.54, 1.807) is 0 Å². The van der Waals surface area contributed by atoms with Gasteiger partial charge in [0.2, 0.25) is 0 Å². The molecule has 0 aliphatic carbocycles. The highest BCUT2D eigenvalue weighted by atomic mass is 127. The first-order valence-corrected chi connectivity index (χ1v) is 10.3. The third-order valence-corrected chi connectivity index (χ3v) is 5.78. The van der Waals surface area contributed by atoms with Crippen molar-refractivity contribution in [1.82, 2.24) is 9.78 Å². The molecule has 0 bridgehead atoms. The van der Waals surface area contributed by atoms with Crippen molar-refractivity contribution in [1.29, 1.82) is 0 Å². The van der Waals surface area contributed by atoms with E-state index in [0.29, 0.717) is 0 Å². The maximum Gasteiger partial charge on any atom is 0.0934 e. The van der Waals surface area contributed by atoms with Crippen LogP contribution in [0.1, 0.15) is 0 Å². The van der Waals surface area contributed by atoms with Crippen LogP contribution in [0.2, 0.25) is 0 Å². The van der Waals surface area contributed by atoms with Crippen LogP contribution < -0.4 is 0 Å². The molecule has 0 aliphatic heterocycles. The smallest absolute Gasteiger partial charge is 0.0934 e. The van der Waals surface area contributed by atoms with Crippen LogP contribution in [0.5, 0.6) is 0 Å². The quantitative estimate of drug-likeness (QED) is 0.260. The number of hydrogen-bond acceptors (Lipinski definition) is 1. The average molecular weight is 472 g/mol. The molecule has 0 saturated heterocycles. The molecule has 0 N–H and O–H groups in total. The van der Waals surface area contributed by atoms with Crippen LogP contribution in [0.15, 0.2) is 103 Å². The Morgan fingerprint density at radius 1 is 0.643 bits per heavy atom. The Hall–Kier alpha value is -2.92. The molecule has 0 atom stereocenters. The van der Waals surface area contributed by atoms with E-state index in [1.165, 1.54) is 14.3 Å². The number of fused-ring (bicyclic) bond motifs is 1. The van der Waals surface area contributed by atoms with Gasteiger partial charge in [0, 0.05) is 20.1 Å². The Labute approximate surface area is 177 Å². The summed E-state index contributed by atoms with van der Waals surface area (Å²) in [7, 11) is 0. The van der Waals surface area contributed by atoms with Gasteiger partial charge in [-0.05, 0) is 40.1 Å². The summed E-state index contributed by atoms with van der Waals surface area (Å²) >= 11 is 2.41. The molecule has 0 spiro atoms. The fourth-order valence-corrected chi connectivity index (χ4v) is 4.26. The van der Waals surface area contributed by atoms with Gasteiger partial charge in [-0.3, -0.25) is 0 Å². The SMILES string of the molecule is Ic1ccc2ccccc2c1-n1nc(-c2ccccc2)cc1-c1ccccc1. The number of hydrogen-bond donors (Lipinski definition) is 0. The molecule has 5 aromatic rings. The second kappa shape index (κ2) is 7.24. The molecular formula is C25H17IN2. The molecule has 0 saturated carbocycles. The van der Waals surface area contributed by atoms with Crippen LogP contribution in [0.25, 0.3) is 39.0 Å². The van der Waals surface area contributed by atoms with E-state index in [4.69, 9.17) is 5.10 Å². The first-order valence-electron chi connectivity index (χ1n) is 9.20. The Morgan fingerprint density at radius 2 is 1.29 bits per heavy atom. The van der Waals surface area contributed by atoms with Crippen LogP contribution >= 0.6 is 22.6 Å². The molecule has 3 heteroatoms. The molecule has 2 nitrogen and oxygen atoms in total. The zero-order valence-electron chi connectivity index (χ0n) is 15.1. The molecule has 134 valence electrons. The molecule has 1 heterocycles. The van der Waals surface area contributed by atoms with Crippen LogP contribution in [0, 0.1) is 3.57 Å². The summed E-state index contributed by atoms with van der Waals surface area (Å²) in [5, 5.41) is 7.47. The van der Waals surface area contributed by atoms with Gasteiger partial charge in [0.05, 0.1) is 17.1 Å². The van der Waals surface area contributed by atoms with Gasteiger partial charge in [0.25, 0.3) is 0 Å². The minimum absolute atomic E-state index is 0.975. The Balaban J connectivity index is 1.83. The minimum Gasteiger partial charge on any atom is -0.231 e. The Bertz CT molecular complexity index is 1260. The molecule has 28 heavy (non-hydrogen) atoms. The predicted octanol–water partition coefficient (Wildman–Crippen LogP) is 6.96. The summed E-state index contributed by atoms with van der Waals surface area (Å²) in [6, 6.07) is 35.8. The van der Waals surface area contributed by atoms with Gasteiger partial charge < -0.3 is 0 Å². The lowest BCUT2D eigenvalue weighted by Gasteiger charge is -2.13. The van der Waals surface area contributed by atoms with Gasteiger partial charge in [-0.2, -0.15) is 5.10 Å². The van der Waals surface area contributed by atoms with Gasteiger partial charge in [-0.1, -0.05) is 91.0 Å². The summed E-state index contributed by atoms with van der Waals surface area (Å²) in [4.78, 5) is 0. The highest BCUT2D eigenvalue weighted by molar-refractivity contribution is 14.1. The summed E-state index contributed by atoms with van der Waals surface area (Å²) in [6.45, 7) is 0. The lowest BCUT2D eigenvalue weighted by molar-refractivity contribution is 0.894. The second-order valence-corrected chi connectivity index (χ2v) is 7.84. The van der Waals surface area contributed by atoms with Crippen LogP contribution in [0.4, 0.5) is 0 Å². The summed E-state index contributed by atoms with van der Waals surface area (Å²) in [5.74, 6) is 0. The minimum atomic E-state index is 0.975. The third-order valence-electron chi connectivity index (χ3n) is 4.91. The standard InChI is InChI=1S/C25H17IN2/c26-22-16-15-18-9-7-8-14-21(18)25(22)28-24(20-12-5-2-6-13-20)17-23(27-28)19-10-3-1-4-11-19/h1-17H. The zero-order valence-corrected chi connectivity index (χ0v) is 17.2. The van der Waals surface area contributed by atoms with Crippen molar-refractivity contribution < 1.29 is 0 Å². The van der Waals surface area contributed by atoms with E-state index in [1.807, 2.05) is 12.1 Å². The number of halogens is 1. The fraction of sp³-hybridized carbons (Fsp3) is 0. The van der Waals surface area contributed by atoms with Crippen molar-refractivity contribution >= 4 is 33.4 Å². The average Bonchev–Trinajstić information content (AvgIpc) is 3.20. The molecular weight excluding hydrogens is 455 g/mol. The molecule has 0 aliphatic rings. The number of nitrogens with zero attached hydrogens (tertiary/aromatic N) is 2. The third kappa shape index (κ3) is 3.02. The fourth-order valence-electron chi connectivity index (χ4n) is 3.56. The number of benzene rings is 4. The van der Waals surface area contributed by atoms with E-state index in [0.717, 1.165) is 28.2 Å². The van der Waals surface area contributed by atoms with E-state index in [-0.39, 0.29) is 0 Å². The van der Waals surface area contributed by atoms with Crippen molar-refractivity contribution in [3.05, 3.63) is 107 Å². The van der Waals surface area contributed by atoms with Gasteiger partial charge in [0.1, 0.15) is 0 Å². The normalized spacial score (nSPS) is 11.0. The summed E-state index contributed by atoms with van der Waals surface area (Å²) < 4.78 is 3.28. The van der Waals surface area contributed by atoms with Crippen LogP contribution in [-0.2, 0) is 0 Å². The van der Waals surface area contributed by atoms with E-state index < -0.39 is 0 Å². The lowest BCUT2D eigenvalue weighted by atomic mass is 10.1. The lowest BCUT2D eigenvalue weighted by Crippen LogP contribution is -2.03. The van der Waals surface area contributed by atoms with Crippen molar-refractivity contribution in [3.63, 3.8) is 0 Å². The highest BCUT2D eigenvalue weighted by Crippen LogP contribution is 2.33. The van der Waals surface area contributed by atoms with E-state index in [2.05, 4.69) is 118 Å². The van der Waals surface area contributed by atoms with Crippen molar-refractivity contribution in [3.8, 4) is 28.2 Å². The maximum absolute atomic E-state index is 5.05. The highest BCUT2D eigenvalue weighted by Gasteiger charge is 2.17. The van der Waals surface area contributed by atoms with Crippen molar-refractivity contribution in [2.24, 2.45) is 0 Å². The van der Waals surface area contributed by atoms with E-state index in [9.17, 15) is 0 Å². The van der Waals surface area contributed by atoms with Gasteiger partial charge >= 0.3 is 0 Å².